The highest BCUT2D eigenvalue weighted by Gasteiger charge is 2.16. The second-order valence-corrected chi connectivity index (χ2v) is 6.93. The summed E-state index contributed by atoms with van der Waals surface area (Å²) >= 11 is 3.38. The van der Waals surface area contributed by atoms with Gasteiger partial charge in [-0.05, 0) is 51.8 Å². The second-order valence-electron chi connectivity index (χ2n) is 6.07. The molecule has 0 saturated heterocycles. The summed E-state index contributed by atoms with van der Waals surface area (Å²) in [6.45, 7) is -0.0448. The van der Waals surface area contributed by atoms with Gasteiger partial charge in [0.15, 0.2) is 23.0 Å². The molecule has 10 heteroatoms. The third-order valence-electron chi connectivity index (χ3n) is 4.00. The Balaban J connectivity index is 1.53. The predicted octanol–water partition coefficient (Wildman–Crippen LogP) is 2.08. The minimum Gasteiger partial charge on any atom is -0.493 e. The van der Waals surface area contributed by atoms with E-state index in [1.54, 1.807) is 30.3 Å². The third-order valence-corrected chi connectivity index (χ3v) is 4.59. The minimum atomic E-state index is -0.495. The molecule has 0 aliphatic carbocycles. The fourth-order valence-electron chi connectivity index (χ4n) is 2.59. The Morgan fingerprint density at radius 1 is 1.29 bits per heavy atom. The van der Waals surface area contributed by atoms with E-state index in [0.717, 1.165) is 0 Å². The van der Waals surface area contributed by atoms with Gasteiger partial charge < -0.3 is 24.3 Å². The maximum atomic E-state index is 12.2. The Kier molecular flexibility index (Phi) is 7.35. The van der Waals surface area contributed by atoms with Crippen LogP contribution in [0.2, 0.25) is 0 Å². The number of hydrogen-bond donors (Lipinski definition) is 2. The number of ether oxygens (including phenoxy) is 4. The van der Waals surface area contributed by atoms with Gasteiger partial charge in [-0.1, -0.05) is 5.92 Å². The zero-order valence-corrected chi connectivity index (χ0v) is 18.0. The van der Waals surface area contributed by atoms with E-state index in [2.05, 4.69) is 37.7 Å². The molecular weight excluding hydrogens is 470 g/mol. The molecule has 9 nitrogen and oxygen atoms in total. The number of terminal acetylenes is 1. The lowest BCUT2D eigenvalue weighted by atomic mass is 10.2. The zero-order chi connectivity index (χ0) is 22.2. The van der Waals surface area contributed by atoms with Crippen molar-refractivity contribution in [1.29, 1.82) is 0 Å². The molecule has 0 atom stereocenters. The van der Waals surface area contributed by atoms with Crippen LogP contribution in [-0.2, 0) is 4.79 Å². The lowest BCUT2D eigenvalue weighted by Crippen LogP contribution is -2.34. The summed E-state index contributed by atoms with van der Waals surface area (Å²) < 4.78 is 21.8. The fourth-order valence-corrected chi connectivity index (χ4v) is 3.16. The number of carbonyl (C=O) groups is 2. The molecule has 31 heavy (non-hydrogen) atoms. The van der Waals surface area contributed by atoms with Crippen LogP contribution in [0, 0.1) is 12.3 Å². The van der Waals surface area contributed by atoms with Crippen LogP contribution in [0.15, 0.2) is 39.9 Å². The number of hydrazone groups is 1. The SMILES string of the molecule is C#CCOc1c(Br)cc(/C=N\NC(=O)CNC(=O)c2ccc3c(c2)OCO3)cc1OC. The minimum absolute atomic E-state index is 0.0937. The standard InChI is InChI=1S/C21H18BrN3O6/c1-3-6-29-20-15(22)7-13(8-18(20)28-2)10-24-25-19(26)11-23-21(27)14-4-5-16-17(9-14)31-12-30-16/h1,4-5,7-10H,6,11-12H2,2H3,(H,23,27)(H,25,26)/b24-10-. The summed E-state index contributed by atoms with van der Waals surface area (Å²) in [5.74, 6) is 3.44. The molecule has 160 valence electrons. The summed E-state index contributed by atoms with van der Waals surface area (Å²) in [6, 6.07) is 8.17. The van der Waals surface area contributed by atoms with Crippen molar-refractivity contribution in [2.45, 2.75) is 0 Å². The van der Waals surface area contributed by atoms with Crippen molar-refractivity contribution in [3.05, 3.63) is 45.9 Å². The Bertz CT molecular complexity index is 1060. The van der Waals surface area contributed by atoms with Crippen LogP contribution in [0.25, 0.3) is 0 Å². The molecule has 0 spiro atoms. The summed E-state index contributed by atoms with van der Waals surface area (Å²) in [6.07, 6.45) is 6.64. The number of nitrogens with one attached hydrogen (secondary N) is 2. The number of halogens is 1. The monoisotopic (exact) mass is 487 g/mol. The average Bonchev–Trinajstić information content (AvgIpc) is 3.24. The Labute approximate surface area is 186 Å². The van der Waals surface area contributed by atoms with Crippen molar-refractivity contribution in [2.75, 3.05) is 27.1 Å². The molecule has 2 aromatic carbocycles. The van der Waals surface area contributed by atoms with Gasteiger partial charge >= 0.3 is 0 Å². The van der Waals surface area contributed by atoms with E-state index in [1.807, 2.05) is 0 Å². The molecule has 0 radical (unpaired) electrons. The number of hydrogen-bond acceptors (Lipinski definition) is 7. The van der Waals surface area contributed by atoms with Gasteiger partial charge in [0.25, 0.3) is 11.8 Å². The second kappa shape index (κ2) is 10.4. The largest absolute Gasteiger partial charge is 0.493 e. The van der Waals surface area contributed by atoms with Crippen LogP contribution in [0.1, 0.15) is 15.9 Å². The van der Waals surface area contributed by atoms with Crippen molar-refractivity contribution in [2.24, 2.45) is 5.10 Å². The summed E-state index contributed by atoms with van der Waals surface area (Å²) in [5.41, 5.74) is 3.33. The normalized spacial score (nSPS) is 11.6. The van der Waals surface area contributed by atoms with E-state index in [0.29, 0.717) is 38.6 Å². The first-order valence-electron chi connectivity index (χ1n) is 8.95. The number of benzene rings is 2. The summed E-state index contributed by atoms with van der Waals surface area (Å²) in [4.78, 5) is 24.2. The topological polar surface area (TPSA) is 107 Å². The highest BCUT2D eigenvalue weighted by atomic mass is 79.9. The van der Waals surface area contributed by atoms with E-state index >= 15 is 0 Å². The molecule has 1 heterocycles. The number of amides is 2. The van der Waals surface area contributed by atoms with Crippen LogP contribution in [-0.4, -0.2) is 45.1 Å². The van der Waals surface area contributed by atoms with Crippen molar-refractivity contribution < 1.29 is 28.5 Å². The van der Waals surface area contributed by atoms with Crippen molar-refractivity contribution in [1.82, 2.24) is 10.7 Å². The van der Waals surface area contributed by atoms with Crippen LogP contribution in [0.3, 0.4) is 0 Å². The first kappa shape index (κ1) is 22.0. The molecule has 0 unspecified atom stereocenters. The first-order valence-corrected chi connectivity index (χ1v) is 9.74. The Morgan fingerprint density at radius 2 is 2.10 bits per heavy atom. The van der Waals surface area contributed by atoms with Gasteiger partial charge in [0.2, 0.25) is 6.79 Å². The molecule has 0 bridgehead atoms. The molecular formula is C21H18BrN3O6. The number of fused-ring (bicyclic) bond motifs is 1. The smallest absolute Gasteiger partial charge is 0.259 e. The third kappa shape index (κ3) is 5.67. The van der Waals surface area contributed by atoms with Gasteiger partial charge in [-0.25, -0.2) is 5.43 Å². The molecule has 2 N–H and O–H groups in total. The molecule has 2 amide bonds. The number of rotatable bonds is 8. The number of carbonyl (C=O) groups excluding carboxylic acids is 2. The zero-order valence-electron chi connectivity index (χ0n) is 16.4. The van der Waals surface area contributed by atoms with Gasteiger partial charge in [-0.2, -0.15) is 5.10 Å². The van der Waals surface area contributed by atoms with Gasteiger partial charge in [-0.3, -0.25) is 9.59 Å². The molecule has 0 saturated carbocycles. The lowest BCUT2D eigenvalue weighted by molar-refractivity contribution is -0.120. The first-order chi connectivity index (χ1) is 15.0. The van der Waals surface area contributed by atoms with Gasteiger partial charge in [0.05, 0.1) is 24.3 Å². The van der Waals surface area contributed by atoms with Crippen LogP contribution in [0.5, 0.6) is 23.0 Å². The molecule has 0 fully saturated rings. The van der Waals surface area contributed by atoms with E-state index in [9.17, 15) is 9.59 Å². The van der Waals surface area contributed by atoms with Crippen molar-refractivity contribution in [3.8, 4) is 35.3 Å². The van der Waals surface area contributed by atoms with Gasteiger partial charge in [-0.15, -0.1) is 6.42 Å². The van der Waals surface area contributed by atoms with Crippen LogP contribution >= 0.6 is 15.9 Å². The van der Waals surface area contributed by atoms with Gasteiger partial charge in [0, 0.05) is 5.56 Å². The van der Waals surface area contributed by atoms with E-state index in [4.69, 9.17) is 25.4 Å². The Morgan fingerprint density at radius 3 is 2.87 bits per heavy atom. The number of nitrogens with zero attached hydrogens (tertiary/aromatic N) is 1. The quantitative estimate of drug-likeness (QED) is 0.335. The highest BCUT2D eigenvalue weighted by Crippen LogP contribution is 2.36. The summed E-state index contributed by atoms with van der Waals surface area (Å²) in [5, 5.41) is 6.40. The van der Waals surface area contributed by atoms with E-state index < -0.39 is 11.8 Å². The fraction of sp³-hybridized carbons (Fsp3) is 0.190. The molecule has 1 aliphatic heterocycles. The maximum absolute atomic E-state index is 12.2. The highest BCUT2D eigenvalue weighted by molar-refractivity contribution is 9.10. The lowest BCUT2D eigenvalue weighted by Gasteiger charge is -2.11. The maximum Gasteiger partial charge on any atom is 0.259 e. The van der Waals surface area contributed by atoms with E-state index in [1.165, 1.54) is 13.3 Å². The molecule has 3 rings (SSSR count). The molecule has 1 aliphatic rings. The van der Waals surface area contributed by atoms with Gasteiger partial charge in [0.1, 0.15) is 6.61 Å². The Hall–Kier alpha value is -3.71. The number of methoxy groups -OCH3 is 1. The van der Waals surface area contributed by atoms with Crippen LogP contribution < -0.4 is 29.7 Å². The average molecular weight is 488 g/mol. The molecule has 2 aromatic rings. The van der Waals surface area contributed by atoms with E-state index in [-0.39, 0.29) is 19.9 Å². The van der Waals surface area contributed by atoms with Crippen molar-refractivity contribution >= 4 is 34.0 Å². The molecule has 0 aromatic heterocycles. The summed E-state index contributed by atoms with van der Waals surface area (Å²) in [7, 11) is 1.50. The van der Waals surface area contributed by atoms with Crippen molar-refractivity contribution in [3.63, 3.8) is 0 Å². The predicted molar refractivity (Wildman–Crippen MR) is 116 cm³/mol. The van der Waals surface area contributed by atoms with Crippen LogP contribution in [0.4, 0.5) is 0 Å².